The summed E-state index contributed by atoms with van der Waals surface area (Å²) in [5, 5.41) is -0.575. The molecule has 0 aliphatic carbocycles. The monoisotopic (exact) mass is 472 g/mol. The summed E-state index contributed by atoms with van der Waals surface area (Å²) >= 11 is 5.68. The Labute approximate surface area is 181 Å². The van der Waals surface area contributed by atoms with E-state index in [1.807, 2.05) is 0 Å². The van der Waals surface area contributed by atoms with Gasteiger partial charge >= 0.3 is 0 Å². The lowest BCUT2D eigenvalue weighted by atomic mass is 10.2. The van der Waals surface area contributed by atoms with Crippen molar-refractivity contribution in [3.63, 3.8) is 0 Å². The van der Waals surface area contributed by atoms with Crippen LogP contribution in [-0.2, 0) is 16.6 Å². The van der Waals surface area contributed by atoms with E-state index in [-0.39, 0.29) is 12.4 Å². The summed E-state index contributed by atoms with van der Waals surface area (Å²) in [6.07, 6.45) is 0.817. The minimum absolute atomic E-state index is 0.195. The first-order chi connectivity index (χ1) is 14.7. The number of anilines is 1. The van der Waals surface area contributed by atoms with Crippen LogP contribution in [0.15, 0.2) is 53.6 Å². The van der Waals surface area contributed by atoms with E-state index in [0.29, 0.717) is 29.2 Å². The van der Waals surface area contributed by atoms with Crippen LogP contribution in [0.4, 0.5) is 19.0 Å². The molecule has 0 radical (unpaired) electrons. The molecule has 0 amide bonds. The Hall–Kier alpha value is -2.98. The number of halogens is 4. The van der Waals surface area contributed by atoms with E-state index in [4.69, 9.17) is 21.1 Å². The predicted molar refractivity (Wildman–Crippen MR) is 108 cm³/mol. The Morgan fingerprint density at radius 2 is 1.74 bits per heavy atom. The number of hydrogen-bond acceptors (Lipinski definition) is 5. The van der Waals surface area contributed by atoms with Gasteiger partial charge in [0.05, 0.1) is 32.0 Å². The fourth-order valence-corrected chi connectivity index (χ4v) is 4.46. The van der Waals surface area contributed by atoms with E-state index >= 15 is 0 Å². The zero-order valence-electron chi connectivity index (χ0n) is 16.3. The van der Waals surface area contributed by atoms with Crippen molar-refractivity contribution in [2.75, 3.05) is 18.5 Å². The number of ether oxygens (including phenoxy) is 2. The van der Waals surface area contributed by atoms with Gasteiger partial charge in [-0.05, 0) is 30.3 Å². The molecule has 0 aliphatic rings. The van der Waals surface area contributed by atoms with E-state index < -0.39 is 37.4 Å². The fraction of sp³-hybridized carbons (Fsp3) is 0.150. The van der Waals surface area contributed by atoms with Gasteiger partial charge in [-0.2, -0.15) is 0 Å². The summed E-state index contributed by atoms with van der Waals surface area (Å²) in [4.78, 5) is 2.94. The van der Waals surface area contributed by atoms with Gasteiger partial charge in [-0.25, -0.2) is 30.9 Å². The molecule has 1 heterocycles. The molecular weight excluding hydrogens is 457 g/mol. The Kier molecular flexibility index (Phi) is 6.61. The van der Waals surface area contributed by atoms with Crippen molar-refractivity contribution >= 4 is 27.4 Å². The van der Waals surface area contributed by atoms with Crippen LogP contribution in [0, 0.1) is 17.5 Å². The van der Waals surface area contributed by atoms with Crippen LogP contribution in [0.3, 0.4) is 0 Å². The normalized spacial score (nSPS) is 11.3. The van der Waals surface area contributed by atoms with Gasteiger partial charge in [-0.15, -0.1) is 0 Å². The minimum Gasteiger partial charge on any atom is -0.497 e. The highest BCUT2D eigenvalue weighted by Gasteiger charge is 2.31. The largest absolute Gasteiger partial charge is 0.497 e. The number of aromatic nitrogens is 1. The van der Waals surface area contributed by atoms with Crippen molar-refractivity contribution < 1.29 is 31.1 Å². The van der Waals surface area contributed by atoms with Crippen molar-refractivity contribution in [1.82, 2.24) is 4.98 Å². The third kappa shape index (κ3) is 4.70. The third-order valence-corrected chi connectivity index (χ3v) is 6.37. The molecule has 0 saturated carbocycles. The van der Waals surface area contributed by atoms with Crippen LogP contribution in [-0.4, -0.2) is 27.6 Å². The highest BCUT2D eigenvalue weighted by Crippen LogP contribution is 2.32. The Morgan fingerprint density at radius 3 is 2.35 bits per heavy atom. The Morgan fingerprint density at radius 1 is 1.00 bits per heavy atom. The zero-order valence-corrected chi connectivity index (χ0v) is 17.8. The predicted octanol–water partition coefficient (Wildman–Crippen LogP) is 4.57. The maximum absolute atomic E-state index is 14.4. The summed E-state index contributed by atoms with van der Waals surface area (Å²) in [6, 6.07) is 7.83. The third-order valence-electron chi connectivity index (χ3n) is 4.32. The minimum atomic E-state index is -4.64. The highest BCUT2D eigenvalue weighted by molar-refractivity contribution is 7.92. The molecule has 0 N–H and O–H groups in total. The fourth-order valence-electron chi connectivity index (χ4n) is 2.76. The first kappa shape index (κ1) is 22.7. The molecule has 0 aliphatic heterocycles. The maximum Gasteiger partial charge on any atom is 0.268 e. The Bertz CT molecular complexity index is 1210. The van der Waals surface area contributed by atoms with Crippen LogP contribution < -0.4 is 13.8 Å². The summed E-state index contributed by atoms with van der Waals surface area (Å²) < 4.78 is 79.2. The summed E-state index contributed by atoms with van der Waals surface area (Å²) in [6.45, 7) is -0.359. The molecule has 11 heteroatoms. The van der Waals surface area contributed by atoms with Gasteiger partial charge < -0.3 is 9.47 Å². The van der Waals surface area contributed by atoms with Crippen molar-refractivity contribution in [2.24, 2.45) is 0 Å². The van der Waals surface area contributed by atoms with Crippen molar-refractivity contribution in [1.29, 1.82) is 0 Å². The smallest absolute Gasteiger partial charge is 0.268 e. The van der Waals surface area contributed by atoms with Gasteiger partial charge in [0.25, 0.3) is 10.0 Å². The van der Waals surface area contributed by atoms with Crippen LogP contribution in [0.1, 0.15) is 5.56 Å². The molecule has 0 saturated heterocycles. The van der Waals surface area contributed by atoms with Gasteiger partial charge in [-0.3, -0.25) is 0 Å². The zero-order chi connectivity index (χ0) is 22.8. The lowest BCUT2D eigenvalue weighted by Crippen LogP contribution is -2.32. The van der Waals surface area contributed by atoms with Gasteiger partial charge in [0.1, 0.15) is 39.7 Å². The van der Waals surface area contributed by atoms with Crippen LogP contribution in [0.5, 0.6) is 11.5 Å². The second kappa shape index (κ2) is 9.03. The first-order valence-electron chi connectivity index (χ1n) is 8.67. The SMILES string of the molecule is COc1ccc(CN(c2ccc(F)cn2)S(=O)(=O)c2cc(Cl)c(F)cc2F)c(OC)c1. The van der Waals surface area contributed by atoms with Crippen LogP contribution in [0.2, 0.25) is 5.02 Å². The van der Waals surface area contributed by atoms with E-state index in [1.54, 1.807) is 12.1 Å². The molecule has 6 nitrogen and oxygen atoms in total. The molecule has 0 atom stereocenters. The molecule has 0 unspecified atom stereocenters. The van der Waals surface area contributed by atoms with Crippen molar-refractivity contribution in [2.45, 2.75) is 11.4 Å². The second-order valence-electron chi connectivity index (χ2n) is 6.22. The molecule has 0 bridgehead atoms. The van der Waals surface area contributed by atoms with Crippen molar-refractivity contribution in [3.8, 4) is 11.5 Å². The van der Waals surface area contributed by atoms with E-state index in [9.17, 15) is 21.6 Å². The average Bonchev–Trinajstić information content (AvgIpc) is 2.75. The quantitative estimate of drug-likeness (QED) is 0.471. The second-order valence-corrected chi connectivity index (χ2v) is 8.46. The number of sulfonamides is 1. The number of benzene rings is 2. The number of pyridine rings is 1. The van der Waals surface area contributed by atoms with Crippen molar-refractivity contribution in [3.05, 3.63) is 76.7 Å². The average molecular weight is 473 g/mol. The number of nitrogens with zero attached hydrogens (tertiary/aromatic N) is 2. The molecule has 31 heavy (non-hydrogen) atoms. The summed E-state index contributed by atoms with van der Waals surface area (Å²) in [5.74, 6) is -2.58. The van der Waals surface area contributed by atoms with E-state index in [1.165, 1.54) is 20.3 Å². The molecule has 2 aromatic carbocycles. The molecule has 3 rings (SSSR count). The van der Waals surface area contributed by atoms with Gasteiger partial charge in [0.2, 0.25) is 0 Å². The molecule has 3 aromatic rings. The summed E-state index contributed by atoms with van der Waals surface area (Å²) in [7, 11) is -1.81. The van der Waals surface area contributed by atoms with Crippen LogP contribution in [0.25, 0.3) is 0 Å². The van der Waals surface area contributed by atoms with Gasteiger partial charge in [0.15, 0.2) is 0 Å². The van der Waals surface area contributed by atoms with Crippen LogP contribution >= 0.6 is 11.6 Å². The van der Waals surface area contributed by atoms with Gasteiger partial charge in [-0.1, -0.05) is 11.6 Å². The summed E-state index contributed by atoms with van der Waals surface area (Å²) in [5.41, 5.74) is 0.381. The highest BCUT2D eigenvalue weighted by atomic mass is 35.5. The van der Waals surface area contributed by atoms with E-state index in [2.05, 4.69) is 4.98 Å². The standard InChI is InChI=1S/C20H16ClF3N2O4S/c1-29-14-5-3-12(18(7-14)30-2)11-26(20-6-4-13(22)10-25-20)31(27,28)19-8-15(21)16(23)9-17(19)24/h3-10H,11H2,1-2H3. The first-order valence-corrected chi connectivity index (χ1v) is 10.5. The topological polar surface area (TPSA) is 68.7 Å². The molecule has 0 spiro atoms. The Balaban J connectivity index is 2.16. The maximum atomic E-state index is 14.4. The lowest BCUT2D eigenvalue weighted by Gasteiger charge is -2.25. The number of methoxy groups -OCH3 is 2. The number of rotatable bonds is 7. The molecular formula is C20H16ClF3N2O4S. The lowest BCUT2D eigenvalue weighted by molar-refractivity contribution is 0.391. The number of hydrogen-bond donors (Lipinski definition) is 0. The van der Waals surface area contributed by atoms with Gasteiger partial charge in [0, 0.05) is 17.7 Å². The molecule has 164 valence electrons. The van der Waals surface area contributed by atoms with E-state index in [0.717, 1.165) is 22.6 Å². The molecule has 0 fully saturated rings. The molecule has 1 aromatic heterocycles.